The van der Waals surface area contributed by atoms with Crippen LogP contribution in [-0.2, 0) is 0 Å². The van der Waals surface area contributed by atoms with E-state index in [2.05, 4.69) is 6.92 Å². The van der Waals surface area contributed by atoms with Crippen LogP contribution in [0.5, 0.6) is 5.75 Å². The summed E-state index contributed by atoms with van der Waals surface area (Å²) in [4.78, 5) is 11.3. The first kappa shape index (κ1) is 15.2. The van der Waals surface area contributed by atoms with Crippen LogP contribution in [0, 0.1) is 5.82 Å². The molecule has 2 rings (SSSR count). The van der Waals surface area contributed by atoms with Crippen LogP contribution >= 0.6 is 0 Å². The zero-order valence-electron chi connectivity index (χ0n) is 12.4. The third-order valence-electron chi connectivity index (χ3n) is 3.29. The standard InChI is InChI=1S/C18H19FO2/c1-3-4-10-21-16-7-5-6-15(11-16)17-9-8-14(13(2)20)12-18(17)19/h5-9,11-12H,3-4,10H2,1-2H3. The number of ketones is 1. The van der Waals surface area contributed by atoms with Gasteiger partial charge in [0, 0.05) is 11.1 Å². The summed E-state index contributed by atoms with van der Waals surface area (Å²) in [7, 11) is 0. The molecule has 0 unspecified atom stereocenters. The molecule has 0 aromatic heterocycles. The topological polar surface area (TPSA) is 26.3 Å². The van der Waals surface area contributed by atoms with Gasteiger partial charge in [0.05, 0.1) is 6.61 Å². The lowest BCUT2D eigenvalue weighted by molar-refractivity contribution is 0.101. The Morgan fingerprint density at radius 3 is 2.67 bits per heavy atom. The fourth-order valence-corrected chi connectivity index (χ4v) is 2.06. The number of Topliss-reactive ketones (excluding diaryl/α,β-unsaturated/α-hetero) is 1. The lowest BCUT2D eigenvalue weighted by atomic mass is 10.0. The molecule has 0 spiro atoms. The third-order valence-corrected chi connectivity index (χ3v) is 3.29. The van der Waals surface area contributed by atoms with Crippen molar-refractivity contribution in [1.29, 1.82) is 0 Å². The average Bonchev–Trinajstić information content (AvgIpc) is 2.47. The van der Waals surface area contributed by atoms with Gasteiger partial charge in [-0.15, -0.1) is 0 Å². The van der Waals surface area contributed by atoms with E-state index in [1.807, 2.05) is 24.3 Å². The van der Waals surface area contributed by atoms with Gasteiger partial charge in [-0.1, -0.05) is 37.6 Å². The van der Waals surface area contributed by atoms with Gasteiger partial charge in [0.1, 0.15) is 11.6 Å². The van der Waals surface area contributed by atoms with Crippen LogP contribution in [0.4, 0.5) is 4.39 Å². The van der Waals surface area contributed by atoms with Gasteiger partial charge in [-0.3, -0.25) is 4.79 Å². The highest BCUT2D eigenvalue weighted by atomic mass is 19.1. The summed E-state index contributed by atoms with van der Waals surface area (Å²) in [5, 5.41) is 0. The Morgan fingerprint density at radius 2 is 2.00 bits per heavy atom. The number of unbranched alkanes of at least 4 members (excludes halogenated alkanes) is 1. The van der Waals surface area contributed by atoms with Crippen LogP contribution in [0.15, 0.2) is 42.5 Å². The summed E-state index contributed by atoms with van der Waals surface area (Å²) in [6.07, 6.45) is 2.06. The molecule has 0 aliphatic rings. The second kappa shape index (κ2) is 7.02. The molecule has 2 aromatic rings. The van der Waals surface area contributed by atoms with Crippen LogP contribution in [0.25, 0.3) is 11.1 Å². The molecular formula is C18H19FO2. The van der Waals surface area contributed by atoms with Crippen molar-refractivity contribution in [3.63, 3.8) is 0 Å². The molecule has 2 aromatic carbocycles. The van der Waals surface area contributed by atoms with E-state index in [0.29, 0.717) is 17.7 Å². The van der Waals surface area contributed by atoms with Crippen molar-refractivity contribution in [3.05, 3.63) is 53.8 Å². The summed E-state index contributed by atoms with van der Waals surface area (Å²) >= 11 is 0. The number of hydrogen-bond donors (Lipinski definition) is 0. The molecule has 0 amide bonds. The normalized spacial score (nSPS) is 10.4. The van der Waals surface area contributed by atoms with Crippen molar-refractivity contribution in [3.8, 4) is 16.9 Å². The third kappa shape index (κ3) is 3.91. The second-order valence-corrected chi connectivity index (χ2v) is 4.98. The Kier molecular flexibility index (Phi) is 5.09. The van der Waals surface area contributed by atoms with Gasteiger partial charge in [0.15, 0.2) is 5.78 Å². The first-order valence-corrected chi connectivity index (χ1v) is 7.15. The monoisotopic (exact) mass is 286 g/mol. The summed E-state index contributed by atoms with van der Waals surface area (Å²) in [6, 6.07) is 11.9. The largest absolute Gasteiger partial charge is 0.494 e. The second-order valence-electron chi connectivity index (χ2n) is 4.98. The van der Waals surface area contributed by atoms with E-state index in [4.69, 9.17) is 4.74 Å². The number of hydrogen-bond acceptors (Lipinski definition) is 2. The van der Waals surface area contributed by atoms with Crippen molar-refractivity contribution >= 4 is 5.78 Å². The van der Waals surface area contributed by atoms with E-state index in [0.717, 1.165) is 24.2 Å². The summed E-state index contributed by atoms with van der Waals surface area (Å²) in [5.74, 6) is 0.196. The van der Waals surface area contributed by atoms with Gasteiger partial charge in [0.25, 0.3) is 0 Å². The van der Waals surface area contributed by atoms with Gasteiger partial charge in [-0.25, -0.2) is 4.39 Å². The summed E-state index contributed by atoms with van der Waals surface area (Å²) < 4.78 is 19.8. The maximum atomic E-state index is 14.1. The number of carbonyl (C=O) groups is 1. The number of carbonyl (C=O) groups excluding carboxylic acids is 1. The fraction of sp³-hybridized carbons (Fsp3) is 0.278. The van der Waals surface area contributed by atoms with E-state index in [1.165, 1.54) is 13.0 Å². The lowest BCUT2D eigenvalue weighted by Crippen LogP contribution is -1.97. The van der Waals surface area contributed by atoms with Crippen molar-refractivity contribution in [2.45, 2.75) is 26.7 Å². The van der Waals surface area contributed by atoms with Crippen LogP contribution in [-0.4, -0.2) is 12.4 Å². The first-order valence-electron chi connectivity index (χ1n) is 7.15. The molecule has 0 heterocycles. The molecule has 0 atom stereocenters. The Balaban J connectivity index is 2.25. The maximum absolute atomic E-state index is 14.1. The Bertz CT molecular complexity index is 635. The summed E-state index contributed by atoms with van der Waals surface area (Å²) in [6.45, 7) is 4.19. The molecule has 0 saturated heterocycles. The molecule has 0 aliphatic carbocycles. The zero-order valence-corrected chi connectivity index (χ0v) is 12.4. The molecule has 0 bridgehead atoms. The van der Waals surface area contributed by atoms with Gasteiger partial charge in [-0.05, 0) is 37.1 Å². The molecule has 0 N–H and O–H groups in total. The SMILES string of the molecule is CCCCOc1cccc(-c2ccc(C(C)=O)cc2F)c1. The highest BCUT2D eigenvalue weighted by Crippen LogP contribution is 2.27. The van der Waals surface area contributed by atoms with Crippen LogP contribution < -0.4 is 4.74 Å². The first-order chi connectivity index (χ1) is 10.1. The minimum Gasteiger partial charge on any atom is -0.494 e. The molecule has 0 fully saturated rings. The van der Waals surface area contributed by atoms with E-state index >= 15 is 0 Å². The van der Waals surface area contributed by atoms with Crippen LogP contribution in [0.3, 0.4) is 0 Å². The minimum atomic E-state index is -0.395. The Morgan fingerprint density at radius 1 is 1.19 bits per heavy atom. The van der Waals surface area contributed by atoms with Crippen LogP contribution in [0.2, 0.25) is 0 Å². The predicted octanol–water partition coefficient (Wildman–Crippen LogP) is 4.87. The maximum Gasteiger partial charge on any atom is 0.159 e. The Hall–Kier alpha value is -2.16. The lowest BCUT2D eigenvalue weighted by Gasteiger charge is -2.09. The fourth-order valence-electron chi connectivity index (χ4n) is 2.06. The van der Waals surface area contributed by atoms with E-state index < -0.39 is 5.82 Å². The minimum absolute atomic E-state index is 0.142. The molecule has 0 aliphatic heterocycles. The molecule has 3 heteroatoms. The molecule has 0 saturated carbocycles. The van der Waals surface area contributed by atoms with Gasteiger partial charge in [-0.2, -0.15) is 0 Å². The van der Waals surface area contributed by atoms with Crippen LogP contribution in [0.1, 0.15) is 37.0 Å². The number of halogens is 1. The van der Waals surface area contributed by atoms with Crippen molar-refractivity contribution in [2.75, 3.05) is 6.61 Å². The average molecular weight is 286 g/mol. The van der Waals surface area contributed by atoms with Gasteiger partial charge >= 0.3 is 0 Å². The van der Waals surface area contributed by atoms with Crippen molar-refractivity contribution < 1.29 is 13.9 Å². The highest BCUT2D eigenvalue weighted by molar-refractivity contribution is 5.94. The Labute approximate surface area is 124 Å². The van der Waals surface area contributed by atoms with Gasteiger partial charge in [0.2, 0.25) is 0 Å². The van der Waals surface area contributed by atoms with E-state index in [-0.39, 0.29) is 5.78 Å². The van der Waals surface area contributed by atoms with Crippen molar-refractivity contribution in [2.24, 2.45) is 0 Å². The van der Waals surface area contributed by atoms with Crippen molar-refractivity contribution in [1.82, 2.24) is 0 Å². The van der Waals surface area contributed by atoms with E-state index in [9.17, 15) is 9.18 Å². The number of ether oxygens (including phenoxy) is 1. The summed E-state index contributed by atoms with van der Waals surface area (Å²) in [5.41, 5.74) is 1.60. The smallest absolute Gasteiger partial charge is 0.159 e. The molecular weight excluding hydrogens is 267 g/mol. The number of benzene rings is 2. The predicted molar refractivity (Wildman–Crippen MR) is 82.2 cm³/mol. The zero-order chi connectivity index (χ0) is 15.2. The molecule has 110 valence electrons. The van der Waals surface area contributed by atoms with E-state index in [1.54, 1.807) is 12.1 Å². The quantitative estimate of drug-likeness (QED) is 0.559. The highest BCUT2D eigenvalue weighted by Gasteiger charge is 2.09. The molecule has 2 nitrogen and oxygen atoms in total. The molecule has 0 radical (unpaired) electrons. The van der Waals surface area contributed by atoms with Gasteiger partial charge < -0.3 is 4.74 Å². The molecule has 21 heavy (non-hydrogen) atoms. The number of rotatable bonds is 6.